The predicted octanol–water partition coefficient (Wildman–Crippen LogP) is 11.2. The number of rotatable bonds is 34. The summed E-state index contributed by atoms with van der Waals surface area (Å²) < 4.78 is 10.5. The van der Waals surface area contributed by atoms with Crippen molar-refractivity contribution >= 4 is 11.9 Å². The Kier molecular flexibility index (Phi) is 33.5. The van der Waals surface area contributed by atoms with Gasteiger partial charge >= 0.3 is 11.9 Å². The zero-order valence-electron chi connectivity index (χ0n) is 28.3. The molecular weight excluding hydrogens is 524 g/mol. The number of carbonyl (C=O) groups is 2. The molecule has 0 aromatic rings. The monoisotopic (exact) mass is 597 g/mol. The smallest absolute Gasteiger partial charge is 0.306 e. The van der Waals surface area contributed by atoms with Crippen LogP contribution in [0.5, 0.6) is 0 Å². The third-order valence-corrected chi connectivity index (χ3v) is 8.40. The van der Waals surface area contributed by atoms with Crippen LogP contribution in [0, 0.1) is 0 Å². The molecule has 0 fully saturated rings. The highest BCUT2D eigenvalue weighted by atomic mass is 16.6. The van der Waals surface area contributed by atoms with Crippen molar-refractivity contribution in [3.05, 3.63) is 0 Å². The Labute approximate surface area is 261 Å². The molecule has 0 radical (unpaired) electrons. The lowest BCUT2D eigenvalue weighted by atomic mass is 10.0. The first-order valence-electron chi connectivity index (χ1n) is 18.6. The highest BCUT2D eigenvalue weighted by Gasteiger charge is 2.16. The Morgan fingerprint density at radius 2 is 0.738 bits per heavy atom. The van der Waals surface area contributed by atoms with Crippen molar-refractivity contribution in [2.75, 3.05) is 13.2 Å². The maximum absolute atomic E-state index is 12.1. The van der Waals surface area contributed by atoms with Gasteiger partial charge in [-0.1, -0.05) is 181 Å². The van der Waals surface area contributed by atoms with Crippen LogP contribution in [-0.2, 0) is 19.1 Å². The van der Waals surface area contributed by atoms with Crippen molar-refractivity contribution in [1.82, 2.24) is 0 Å². The van der Waals surface area contributed by atoms with E-state index in [4.69, 9.17) is 9.47 Å². The fourth-order valence-corrected chi connectivity index (χ4v) is 5.55. The molecule has 0 saturated heterocycles. The number of unbranched alkanes of at least 4 members (excludes halogenated alkanes) is 26. The summed E-state index contributed by atoms with van der Waals surface area (Å²) in [7, 11) is 0. The molecule has 0 spiro atoms. The summed E-state index contributed by atoms with van der Waals surface area (Å²) >= 11 is 0. The van der Waals surface area contributed by atoms with Crippen molar-refractivity contribution in [3.8, 4) is 0 Å². The lowest BCUT2D eigenvalue weighted by Crippen LogP contribution is -2.28. The summed E-state index contributed by atoms with van der Waals surface area (Å²) in [6, 6.07) is 0. The van der Waals surface area contributed by atoms with Crippen LogP contribution < -0.4 is 0 Å². The highest BCUT2D eigenvalue weighted by Crippen LogP contribution is 2.15. The molecule has 0 aromatic carbocycles. The number of carbonyl (C=O) groups excluding carboxylic acids is 2. The minimum absolute atomic E-state index is 0.0582. The van der Waals surface area contributed by atoms with Crippen LogP contribution in [0.2, 0.25) is 0 Å². The molecule has 250 valence electrons. The summed E-state index contributed by atoms with van der Waals surface area (Å²) in [5.41, 5.74) is 0. The van der Waals surface area contributed by atoms with Gasteiger partial charge in [-0.3, -0.25) is 9.59 Å². The number of aliphatic hydroxyl groups excluding tert-OH is 1. The molecule has 1 N–H and O–H groups in total. The van der Waals surface area contributed by atoms with E-state index in [9.17, 15) is 14.7 Å². The maximum atomic E-state index is 12.1. The first-order chi connectivity index (χ1) is 20.6. The van der Waals surface area contributed by atoms with Crippen LogP contribution in [-0.4, -0.2) is 36.4 Å². The molecule has 0 saturated carbocycles. The summed E-state index contributed by atoms with van der Waals surface area (Å²) in [6.45, 7) is 4.12. The molecule has 0 amide bonds. The Bertz CT molecular complexity index is 564. The SMILES string of the molecule is CCCCCCCCCCCCCCCCCCCCCCC(=O)OC(CO)COC(=O)CCCCCCCCCC. The van der Waals surface area contributed by atoms with Gasteiger partial charge in [0.25, 0.3) is 0 Å². The van der Waals surface area contributed by atoms with E-state index in [1.165, 1.54) is 141 Å². The zero-order valence-corrected chi connectivity index (χ0v) is 28.3. The third-order valence-electron chi connectivity index (χ3n) is 8.40. The van der Waals surface area contributed by atoms with Crippen molar-refractivity contribution in [3.63, 3.8) is 0 Å². The van der Waals surface area contributed by atoms with Gasteiger partial charge in [-0.15, -0.1) is 0 Å². The van der Waals surface area contributed by atoms with Gasteiger partial charge < -0.3 is 14.6 Å². The van der Waals surface area contributed by atoms with Crippen LogP contribution in [0.1, 0.15) is 206 Å². The molecular formula is C37H72O5. The van der Waals surface area contributed by atoms with Gasteiger partial charge in [0, 0.05) is 12.8 Å². The number of esters is 2. The Hall–Kier alpha value is -1.10. The quantitative estimate of drug-likeness (QED) is 0.0591. The van der Waals surface area contributed by atoms with Crippen LogP contribution in [0.3, 0.4) is 0 Å². The number of hydrogen-bond acceptors (Lipinski definition) is 5. The van der Waals surface area contributed by atoms with E-state index in [0.717, 1.165) is 38.5 Å². The van der Waals surface area contributed by atoms with Gasteiger partial charge in [0.1, 0.15) is 6.61 Å². The average Bonchev–Trinajstić information content (AvgIpc) is 2.99. The molecule has 5 heteroatoms. The fourth-order valence-electron chi connectivity index (χ4n) is 5.55. The second-order valence-corrected chi connectivity index (χ2v) is 12.7. The molecule has 0 heterocycles. The molecule has 0 aliphatic carbocycles. The highest BCUT2D eigenvalue weighted by molar-refractivity contribution is 5.70. The maximum Gasteiger partial charge on any atom is 0.306 e. The molecule has 0 aromatic heterocycles. The van der Waals surface area contributed by atoms with Gasteiger partial charge in [-0.25, -0.2) is 0 Å². The minimum Gasteiger partial charge on any atom is -0.462 e. The van der Waals surface area contributed by atoms with Crippen molar-refractivity contribution in [2.24, 2.45) is 0 Å². The van der Waals surface area contributed by atoms with Gasteiger partial charge in [0.2, 0.25) is 0 Å². The van der Waals surface area contributed by atoms with Gasteiger partial charge in [0.05, 0.1) is 6.61 Å². The third kappa shape index (κ3) is 31.8. The van der Waals surface area contributed by atoms with Gasteiger partial charge in [0.15, 0.2) is 6.10 Å². The largest absolute Gasteiger partial charge is 0.462 e. The Morgan fingerprint density at radius 1 is 0.452 bits per heavy atom. The fraction of sp³-hybridized carbons (Fsp3) is 0.946. The minimum atomic E-state index is -0.759. The van der Waals surface area contributed by atoms with E-state index in [-0.39, 0.29) is 25.2 Å². The summed E-state index contributed by atoms with van der Waals surface area (Å²) in [5.74, 6) is -0.583. The first-order valence-corrected chi connectivity index (χ1v) is 18.6. The summed E-state index contributed by atoms with van der Waals surface area (Å²) in [5, 5.41) is 9.49. The van der Waals surface area contributed by atoms with Crippen LogP contribution in [0.25, 0.3) is 0 Å². The zero-order chi connectivity index (χ0) is 30.8. The standard InChI is InChI=1S/C37H72O5/c1-3-5-7-9-11-13-14-15-16-17-18-19-20-21-22-23-24-26-28-30-32-37(40)42-35(33-38)34-41-36(39)31-29-27-25-12-10-8-6-4-2/h35,38H,3-34H2,1-2H3. The van der Waals surface area contributed by atoms with E-state index < -0.39 is 6.10 Å². The molecule has 0 rings (SSSR count). The first kappa shape index (κ1) is 40.9. The lowest BCUT2D eigenvalue weighted by Gasteiger charge is -2.15. The Balaban J connectivity index is 3.45. The molecule has 42 heavy (non-hydrogen) atoms. The molecule has 1 atom stereocenters. The van der Waals surface area contributed by atoms with E-state index in [1.54, 1.807) is 0 Å². The second kappa shape index (κ2) is 34.4. The van der Waals surface area contributed by atoms with E-state index in [0.29, 0.717) is 12.8 Å². The Morgan fingerprint density at radius 3 is 1.05 bits per heavy atom. The number of ether oxygens (including phenoxy) is 2. The molecule has 0 aliphatic rings. The van der Waals surface area contributed by atoms with Gasteiger partial charge in [-0.2, -0.15) is 0 Å². The topological polar surface area (TPSA) is 72.8 Å². The molecule has 5 nitrogen and oxygen atoms in total. The summed E-state index contributed by atoms with van der Waals surface area (Å²) in [4.78, 5) is 24.1. The van der Waals surface area contributed by atoms with Crippen LogP contribution >= 0.6 is 0 Å². The molecule has 1 unspecified atom stereocenters. The predicted molar refractivity (Wildman–Crippen MR) is 178 cm³/mol. The van der Waals surface area contributed by atoms with Crippen LogP contribution in [0.4, 0.5) is 0 Å². The number of aliphatic hydroxyl groups is 1. The lowest BCUT2D eigenvalue weighted by molar-refractivity contribution is -0.161. The second-order valence-electron chi connectivity index (χ2n) is 12.7. The van der Waals surface area contributed by atoms with Crippen LogP contribution in [0.15, 0.2) is 0 Å². The van der Waals surface area contributed by atoms with Crippen molar-refractivity contribution < 1.29 is 24.2 Å². The molecule has 0 aliphatic heterocycles. The van der Waals surface area contributed by atoms with Gasteiger partial charge in [-0.05, 0) is 12.8 Å². The molecule has 0 bridgehead atoms. The van der Waals surface area contributed by atoms with Crippen molar-refractivity contribution in [1.29, 1.82) is 0 Å². The van der Waals surface area contributed by atoms with E-state index in [1.807, 2.05) is 0 Å². The van der Waals surface area contributed by atoms with E-state index in [2.05, 4.69) is 13.8 Å². The van der Waals surface area contributed by atoms with E-state index >= 15 is 0 Å². The number of hydrogen-bond donors (Lipinski definition) is 1. The van der Waals surface area contributed by atoms with Crippen molar-refractivity contribution in [2.45, 2.75) is 213 Å². The average molecular weight is 597 g/mol. The normalized spacial score (nSPS) is 12.0. The summed E-state index contributed by atoms with van der Waals surface area (Å²) in [6.07, 6.45) is 36.0.